The predicted octanol–water partition coefficient (Wildman–Crippen LogP) is 4.99. The standard InChI is InChI=1S/C22H19Cl2FN4O2/c1-14-2-5-18(25)19(10-14)31-21-12-20(26-13-27-21)28-6-8-29(9-7-28)22(30)16-4-3-15(23)11-17(16)24/h2-5,10-13H,6-9H2,1H3. The number of carbonyl (C=O) groups excluding carboxylic acids is 1. The molecule has 31 heavy (non-hydrogen) atoms. The summed E-state index contributed by atoms with van der Waals surface area (Å²) in [6.07, 6.45) is 1.38. The van der Waals surface area contributed by atoms with E-state index in [1.54, 1.807) is 41.3 Å². The SMILES string of the molecule is Cc1ccc(F)c(Oc2cc(N3CCN(C(=O)c4ccc(Cl)cc4Cl)CC3)ncn2)c1. The molecule has 1 aliphatic rings. The number of carbonyl (C=O) groups is 1. The van der Waals surface area contributed by atoms with Crippen LogP contribution in [-0.4, -0.2) is 47.0 Å². The molecule has 4 rings (SSSR count). The Morgan fingerprint density at radius 1 is 1.03 bits per heavy atom. The molecule has 1 aliphatic heterocycles. The van der Waals surface area contributed by atoms with Crippen molar-refractivity contribution in [2.45, 2.75) is 6.92 Å². The quantitative estimate of drug-likeness (QED) is 0.548. The van der Waals surface area contributed by atoms with E-state index in [2.05, 4.69) is 9.97 Å². The molecular weight excluding hydrogens is 442 g/mol. The van der Waals surface area contributed by atoms with E-state index in [0.29, 0.717) is 47.6 Å². The maximum atomic E-state index is 14.0. The van der Waals surface area contributed by atoms with Crippen LogP contribution in [0, 0.1) is 12.7 Å². The number of anilines is 1. The largest absolute Gasteiger partial charge is 0.436 e. The van der Waals surface area contributed by atoms with Gasteiger partial charge in [-0.1, -0.05) is 29.3 Å². The number of aryl methyl sites for hydroxylation is 1. The van der Waals surface area contributed by atoms with E-state index in [0.717, 1.165) is 5.56 Å². The minimum Gasteiger partial charge on any atom is -0.436 e. The van der Waals surface area contributed by atoms with Crippen molar-refractivity contribution in [1.82, 2.24) is 14.9 Å². The lowest BCUT2D eigenvalue weighted by atomic mass is 10.2. The highest BCUT2D eigenvalue weighted by molar-refractivity contribution is 6.36. The monoisotopic (exact) mass is 460 g/mol. The van der Waals surface area contributed by atoms with Gasteiger partial charge in [-0.25, -0.2) is 14.4 Å². The van der Waals surface area contributed by atoms with Gasteiger partial charge < -0.3 is 14.5 Å². The summed E-state index contributed by atoms with van der Waals surface area (Å²) in [7, 11) is 0. The summed E-state index contributed by atoms with van der Waals surface area (Å²) in [5.41, 5.74) is 1.31. The smallest absolute Gasteiger partial charge is 0.255 e. The van der Waals surface area contributed by atoms with Crippen LogP contribution in [0.4, 0.5) is 10.2 Å². The van der Waals surface area contributed by atoms with Crippen LogP contribution in [0.5, 0.6) is 11.6 Å². The molecule has 0 bridgehead atoms. The molecule has 0 unspecified atom stereocenters. The first kappa shape index (κ1) is 21.3. The number of rotatable bonds is 4. The van der Waals surface area contributed by atoms with Gasteiger partial charge in [0.05, 0.1) is 10.6 Å². The third kappa shape index (κ3) is 4.89. The lowest BCUT2D eigenvalue weighted by molar-refractivity contribution is 0.0746. The Bertz CT molecular complexity index is 1120. The molecule has 0 radical (unpaired) electrons. The molecule has 1 saturated heterocycles. The summed E-state index contributed by atoms with van der Waals surface area (Å²) in [4.78, 5) is 24.9. The maximum absolute atomic E-state index is 14.0. The number of benzene rings is 2. The molecular formula is C22H19Cl2FN4O2. The Labute approximate surface area is 189 Å². The van der Waals surface area contributed by atoms with Crippen molar-refractivity contribution in [3.63, 3.8) is 0 Å². The summed E-state index contributed by atoms with van der Waals surface area (Å²) in [6.45, 7) is 4.02. The first-order chi connectivity index (χ1) is 14.9. The maximum Gasteiger partial charge on any atom is 0.255 e. The van der Waals surface area contributed by atoms with Gasteiger partial charge >= 0.3 is 0 Å². The van der Waals surface area contributed by atoms with Crippen molar-refractivity contribution in [2.75, 3.05) is 31.1 Å². The van der Waals surface area contributed by atoms with E-state index in [4.69, 9.17) is 27.9 Å². The van der Waals surface area contributed by atoms with Crippen molar-refractivity contribution in [1.29, 1.82) is 0 Å². The molecule has 0 spiro atoms. The van der Waals surface area contributed by atoms with Crippen molar-refractivity contribution in [2.24, 2.45) is 0 Å². The lowest BCUT2D eigenvalue weighted by Gasteiger charge is -2.35. The topological polar surface area (TPSA) is 58.6 Å². The van der Waals surface area contributed by atoms with E-state index in [-0.39, 0.29) is 17.5 Å². The van der Waals surface area contributed by atoms with Crippen molar-refractivity contribution < 1.29 is 13.9 Å². The lowest BCUT2D eigenvalue weighted by Crippen LogP contribution is -2.49. The molecule has 3 aromatic rings. The van der Waals surface area contributed by atoms with E-state index >= 15 is 0 Å². The fourth-order valence-corrected chi connectivity index (χ4v) is 3.82. The fourth-order valence-electron chi connectivity index (χ4n) is 3.33. The van der Waals surface area contributed by atoms with Gasteiger partial charge in [-0.2, -0.15) is 0 Å². The summed E-state index contributed by atoms with van der Waals surface area (Å²) in [5.74, 6) is 0.414. The summed E-state index contributed by atoms with van der Waals surface area (Å²) in [5, 5.41) is 0.819. The fraction of sp³-hybridized carbons (Fsp3) is 0.227. The van der Waals surface area contributed by atoms with Crippen LogP contribution in [0.3, 0.4) is 0 Å². The third-order valence-electron chi connectivity index (χ3n) is 4.98. The van der Waals surface area contributed by atoms with E-state index in [1.165, 1.54) is 12.4 Å². The zero-order valence-electron chi connectivity index (χ0n) is 16.7. The number of piperazine rings is 1. The number of halogens is 3. The summed E-state index contributed by atoms with van der Waals surface area (Å²) in [6, 6.07) is 11.2. The highest BCUT2D eigenvalue weighted by Crippen LogP contribution is 2.27. The number of amides is 1. The van der Waals surface area contributed by atoms with Crippen molar-refractivity contribution in [3.05, 3.63) is 75.8 Å². The van der Waals surface area contributed by atoms with Gasteiger partial charge in [-0.05, 0) is 42.8 Å². The molecule has 1 amide bonds. The van der Waals surface area contributed by atoms with Crippen LogP contribution in [-0.2, 0) is 0 Å². The van der Waals surface area contributed by atoms with Crippen molar-refractivity contribution >= 4 is 34.9 Å². The molecule has 2 aromatic carbocycles. The van der Waals surface area contributed by atoms with E-state index < -0.39 is 5.82 Å². The summed E-state index contributed by atoms with van der Waals surface area (Å²) < 4.78 is 19.6. The van der Waals surface area contributed by atoms with Gasteiger partial charge in [0.15, 0.2) is 11.6 Å². The average molecular weight is 461 g/mol. The Morgan fingerprint density at radius 3 is 2.55 bits per heavy atom. The molecule has 0 saturated carbocycles. The second-order valence-electron chi connectivity index (χ2n) is 7.15. The molecule has 2 heterocycles. The van der Waals surface area contributed by atoms with Gasteiger partial charge in [0.2, 0.25) is 5.88 Å². The van der Waals surface area contributed by atoms with Gasteiger partial charge in [0, 0.05) is 37.3 Å². The highest BCUT2D eigenvalue weighted by Gasteiger charge is 2.24. The van der Waals surface area contributed by atoms with Gasteiger partial charge in [-0.3, -0.25) is 4.79 Å². The predicted molar refractivity (Wildman–Crippen MR) is 118 cm³/mol. The molecule has 1 aromatic heterocycles. The molecule has 160 valence electrons. The Morgan fingerprint density at radius 2 is 1.81 bits per heavy atom. The van der Waals surface area contributed by atoms with Crippen LogP contribution in [0.1, 0.15) is 15.9 Å². The molecule has 0 atom stereocenters. The first-order valence-electron chi connectivity index (χ1n) is 9.66. The number of hydrogen-bond donors (Lipinski definition) is 0. The second kappa shape index (κ2) is 9.08. The van der Waals surface area contributed by atoms with E-state index in [1.807, 2.05) is 11.8 Å². The molecule has 6 nitrogen and oxygen atoms in total. The number of hydrogen-bond acceptors (Lipinski definition) is 5. The van der Waals surface area contributed by atoms with Crippen LogP contribution < -0.4 is 9.64 Å². The zero-order chi connectivity index (χ0) is 22.0. The first-order valence-corrected chi connectivity index (χ1v) is 10.4. The van der Waals surface area contributed by atoms with Crippen LogP contribution in [0.15, 0.2) is 48.8 Å². The van der Waals surface area contributed by atoms with Gasteiger partial charge in [0.25, 0.3) is 5.91 Å². The second-order valence-corrected chi connectivity index (χ2v) is 8.00. The van der Waals surface area contributed by atoms with Gasteiger partial charge in [-0.15, -0.1) is 0 Å². The van der Waals surface area contributed by atoms with Crippen LogP contribution >= 0.6 is 23.2 Å². The molecule has 9 heteroatoms. The number of aromatic nitrogens is 2. The minimum absolute atomic E-state index is 0.111. The highest BCUT2D eigenvalue weighted by atomic mass is 35.5. The summed E-state index contributed by atoms with van der Waals surface area (Å²) >= 11 is 12.1. The van der Waals surface area contributed by atoms with Crippen molar-refractivity contribution in [3.8, 4) is 11.6 Å². The molecule has 1 fully saturated rings. The number of nitrogens with zero attached hydrogens (tertiary/aromatic N) is 4. The van der Waals surface area contributed by atoms with Gasteiger partial charge in [0.1, 0.15) is 12.1 Å². The minimum atomic E-state index is -0.459. The average Bonchev–Trinajstić information content (AvgIpc) is 2.76. The van der Waals surface area contributed by atoms with E-state index in [9.17, 15) is 9.18 Å². The molecule has 0 aliphatic carbocycles. The Kier molecular flexibility index (Phi) is 6.25. The molecule has 0 N–H and O–H groups in total. The number of ether oxygens (including phenoxy) is 1. The normalized spacial score (nSPS) is 13.9. The Balaban J connectivity index is 1.42. The zero-order valence-corrected chi connectivity index (χ0v) is 18.2. The third-order valence-corrected chi connectivity index (χ3v) is 5.53. The Hall–Kier alpha value is -2.90. The van der Waals surface area contributed by atoms with Crippen LogP contribution in [0.25, 0.3) is 0 Å². The van der Waals surface area contributed by atoms with Crippen LogP contribution in [0.2, 0.25) is 10.0 Å².